The quantitative estimate of drug-likeness (QED) is 0.616. The molecule has 0 unspecified atom stereocenters. The number of amides is 1. The highest BCUT2D eigenvalue weighted by Crippen LogP contribution is 2.26. The molecule has 2 nitrogen and oxygen atoms in total. The second kappa shape index (κ2) is 6.26. The third-order valence-electron chi connectivity index (χ3n) is 2.51. The van der Waals surface area contributed by atoms with E-state index >= 15 is 0 Å². The highest BCUT2D eigenvalue weighted by Gasteiger charge is 2.17. The Morgan fingerprint density at radius 3 is 2.69 bits per heavy atom. The van der Waals surface area contributed by atoms with E-state index in [-0.39, 0.29) is 11.8 Å². The van der Waals surface area contributed by atoms with Crippen molar-refractivity contribution >= 4 is 39.1 Å². The molecule has 0 fully saturated rings. The van der Waals surface area contributed by atoms with Gasteiger partial charge in [0, 0.05) is 0 Å². The summed E-state index contributed by atoms with van der Waals surface area (Å²) in [5.74, 6) is -0.0779. The van der Waals surface area contributed by atoms with Crippen molar-refractivity contribution in [1.29, 1.82) is 0 Å². The molecule has 0 N–H and O–H groups in total. The van der Waals surface area contributed by atoms with Crippen molar-refractivity contribution in [3.8, 4) is 0 Å². The zero-order valence-electron chi connectivity index (χ0n) is 9.46. The lowest BCUT2D eigenvalue weighted by atomic mass is 10.0. The van der Waals surface area contributed by atoms with Crippen LogP contribution in [-0.2, 0) is 11.2 Å². The molecule has 0 aliphatic carbocycles. The fourth-order valence-electron chi connectivity index (χ4n) is 1.71. The van der Waals surface area contributed by atoms with Crippen molar-refractivity contribution in [2.24, 2.45) is 0 Å². The minimum atomic E-state index is -0.0810. The van der Waals surface area contributed by atoms with Crippen molar-refractivity contribution in [3.63, 3.8) is 0 Å². The molecule has 0 aromatic heterocycles. The zero-order valence-corrected chi connectivity index (χ0v) is 11.8. The lowest BCUT2D eigenvalue weighted by Gasteiger charge is -2.24. The van der Waals surface area contributed by atoms with Crippen molar-refractivity contribution < 1.29 is 4.79 Å². The van der Waals surface area contributed by atoms with Gasteiger partial charge >= 0.3 is 0 Å². The summed E-state index contributed by atoms with van der Waals surface area (Å²) in [6.07, 6.45) is 0.899. The first-order valence-electron chi connectivity index (χ1n) is 5.16. The second-order valence-electron chi connectivity index (χ2n) is 3.51. The van der Waals surface area contributed by atoms with Gasteiger partial charge < -0.3 is 4.90 Å². The molecule has 0 radical (unpaired) electrons. The molecule has 88 valence electrons. The van der Waals surface area contributed by atoms with Gasteiger partial charge in [0.2, 0.25) is 5.91 Å². The van der Waals surface area contributed by atoms with Crippen LogP contribution >= 0.6 is 27.5 Å². The Morgan fingerprint density at radius 2 is 2.19 bits per heavy atom. The third kappa shape index (κ3) is 2.77. The number of nitrogens with zero attached hydrogens (tertiary/aromatic N) is 1. The minimum Gasteiger partial charge on any atom is -0.300 e. The number of alkyl halides is 2. The molecule has 0 spiro atoms. The average Bonchev–Trinajstić information content (AvgIpc) is 2.31. The molecule has 0 aliphatic rings. The standard InChI is InChI=1S/C12H15BrClNO/c1-3-10-6-4-5-9(2)12(10)15(8-13)11(16)7-14/h4-6H,3,7-8H2,1-2H3. The second-order valence-corrected chi connectivity index (χ2v) is 4.28. The van der Waals surface area contributed by atoms with Crippen LogP contribution in [0, 0.1) is 6.92 Å². The Balaban J connectivity index is 3.22. The first-order valence-corrected chi connectivity index (χ1v) is 6.82. The average molecular weight is 305 g/mol. The SMILES string of the molecule is CCc1cccc(C)c1N(CBr)C(=O)CCl. The van der Waals surface area contributed by atoms with Gasteiger partial charge in [-0.1, -0.05) is 41.1 Å². The van der Waals surface area contributed by atoms with Gasteiger partial charge in [-0.2, -0.15) is 0 Å². The third-order valence-corrected chi connectivity index (χ3v) is 3.24. The predicted octanol–water partition coefficient (Wildman–Crippen LogP) is 3.48. The van der Waals surface area contributed by atoms with Gasteiger partial charge in [-0.3, -0.25) is 4.79 Å². The van der Waals surface area contributed by atoms with Crippen LogP contribution in [0.4, 0.5) is 5.69 Å². The largest absolute Gasteiger partial charge is 0.300 e. The number of anilines is 1. The lowest BCUT2D eigenvalue weighted by molar-refractivity contribution is -0.116. The van der Waals surface area contributed by atoms with Gasteiger partial charge in [0.05, 0.1) is 11.1 Å². The van der Waals surface area contributed by atoms with E-state index in [2.05, 4.69) is 22.9 Å². The van der Waals surface area contributed by atoms with Crippen LogP contribution < -0.4 is 4.90 Å². The number of aryl methyl sites for hydroxylation is 2. The Hall–Kier alpha value is -0.540. The number of carbonyl (C=O) groups excluding carboxylic acids is 1. The van der Waals surface area contributed by atoms with Crippen LogP contribution in [-0.4, -0.2) is 17.2 Å². The van der Waals surface area contributed by atoms with E-state index in [0.717, 1.165) is 23.2 Å². The monoisotopic (exact) mass is 303 g/mol. The summed E-state index contributed by atoms with van der Waals surface area (Å²) >= 11 is 8.95. The first-order chi connectivity index (χ1) is 7.65. The predicted molar refractivity (Wildman–Crippen MR) is 72.6 cm³/mol. The van der Waals surface area contributed by atoms with E-state index in [1.807, 2.05) is 25.1 Å². The Kier molecular flexibility index (Phi) is 5.29. The summed E-state index contributed by atoms with van der Waals surface area (Å²) in [5.41, 5.74) is 3.71. The van der Waals surface area contributed by atoms with E-state index in [0.29, 0.717) is 5.45 Å². The molecule has 1 amide bonds. The molecule has 16 heavy (non-hydrogen) atoms. The summed E-state index contributed by atoms with van der Waals surface area (Å²) in [6.45, 7) is 4.08. The fraction of sp³-hybridized carbons (Fsp3) is 0.417. The number of para-hydroxylation sites is 1. The Morgan fingerprint density at radius 1 is 1.50 bits per heavy atom. The number of rotatable bonds is 4. The van der Waals surface area contributed by atoms with Crippen LogP contribution in [0.1, 0.15) is 18.1 Å². The highest BCUT2D eigenvalue weighted by atomic mass is 79.9. The maximum Gasteiger partial charge on any atom is 0.242 e. The lowest BCUT2D eigenvalue weighted by Crippen LogP contribution is -2.31. The molecule has 0 saturated carbocycles. The Bertz CT molecular complexity index is 381. The molecular formula is C12H15BrClNO. The van der Waals surface area contributed by atoms with Crippen molar-refractivity contribution in [1.82, 2.24) is 0 Å². The summed E-state index contributed by atoms with van der Waals surface area (Å²) in [6, 6.07) is 6.06. The summed E-state index contributed by atoms with van der Waals surface area (Å²) in [4.78, 5) is 13.4. The molecule has 1 rings (SSSR count). The number of hydrogen-bond donors (Lipinski definition) is 0. The summed E-state index contributed by atoms with van der Waals surface area (Å²) in [7, 11) is 0. The fourth-order valence-corrected chi connectivity index (χ4v) is 2.39. The van der Waals surface area contributed by atoms with Crippen LogP contribution in [0.25, 0.3) is 0 Å². The topological polar surface area (TPSA) is 20.3 Å². The van der Waals surface area contributed by atoms with E-state index in [1.54, 1.807) is 4.90 Å². The van der Waals surface area contributed by atoms with Crippen LogP contribution in [0.5, 0.6) is 0 Å². The van der Waals surface area contributed by atoms with Crippen molar-refractivity contribution in [2.75, 3.05) is 16.2 Å². The van der Waals surface area contributed by atoms with E-state index in [9.17, 15) is 4.79 Å². The van der Waals surface area contributed by atoms with Crippen molar-refractivity contribution in [3.05, 3.63) is 29.3 Å². The molecule has 0 heterocycles. The number of benzene rings is 1. The molecule has 0 aliphatic heterocycles. The van der Waals surface area contributed by atoms with Gasteiger partial charge in [-0.05, 0) is 24.5 Å². The maximum atomic E-state index is 11.7. The highest BCUT2D eigenvalue weighted by molar-refractivity contribution is 9.09. The number of hydrogen-bond acceptors (Lipinski definition) is 1. The molecule has 0 saturated heterocycles. The Labute approximate surface area is 110 Å². The normalized spacial score (nSPS) is 10.2. The van der Waals surface area contributed by atoms with Crippen LogP contribution in [0.3, 0.4) is 0 Å². The minimum absolute atomic E-state index is 0.00306. The van der Waals surface area contributed by atoms with Gasteiger partial charge in [0.25, 0.3) is 0 Å². The summed E-state index contributed by atoms with van der Waals surface area (Å²) in [5, 5.41) is 0. The van der Waals surface area contributed by atoms with Gasteiger partial charge in [-0.25, -0.2) is 0 Å². The smallest absolute Gasteiger partial charge is 0.242 e. The molecular weight excluding hydrogens is 289 g/mol. The number of halogens is 2. The van der Waals surface area contributed by atoms with Crippen molar-refractivity contribution in [2.45, 2.75) is 20.3 Å². The van der Waals surface area contributed by atoms with Gasteiger partial charge in [0.1, 0.15) is 5.88 Å². The molecule has 1 aromatic rings. The van der Waals surface area contributed by atoms with Crippen LogP contribution in [0.2, 0.25) is 0 Å². The first kappa shape index (κ1) is 13.5. The van der Waals surface area contributed by atoms with Crippen LogP contribution in [0.15, 0.2) is 18.2 Å². The molecule has 1 aromatic carbocycles. The molecule has 4 heteroatoms. The number of carbonyl (C=O) groups is 1. The maximum absolute atomic E-state index is 11.7. The van der Waals surface area contributed by atoms with E-state index in [4.69, 9.17) is 11.6 Å². The zero-order chi connectivity index (χ0) is 12.1. The van der Waals surface area contributed by atoms with Gasteiger partial charge in [0.15, 0.2) is 0 Å². The van der Waals surface area contributed by atoms with E-state index in [1.165, 1.54) is 0 Å². The molecule has 0 bridgehead atoms. The molecule has 0 atom stereocenters. The van der Waals surface area contributed by atoms with E-state index < -0.39 is 0 Å². The summed E-state index contributed by atoms with van der Waals surface area (Å²) < 4.78 is 0. The van der Waals surface area contributed by atoms with Gasteiger partial charge in [-0.15, -0.1) is 11.6 Å².